The SMILES string of the molecule is CCC[C@@H](C)NC(=O)C1(NC(=O)NCc2ccccc2)CCCC1. The fourth-order valence-electron chi connectivity index (χ4n) is 3.29. The first kappa shape index (κ1) is 18.3. The third-order valence-corrected chi connectivity index (χ3v) is 4.64. The summed E-state index contributed by atoms with van der Waals surface area (Å²) in [6.07, 6.45) is 5.32. The quantitative estimate of drug-likeness (QED) is 0.718. The first-order valence-corrected chi connectivity index (χ1v) is 8.96. The second kappa shape index (κ2) is 8.71. The maximum Gasteiger partial charge on any atom is 0.315 e. The molecule has 5 heteroatoms. The number of hydrogen-bond donors (Lipinski definition) is 3. The van der Waals surface area contributed by atoms with Gasteiger partial charge in [0.15, 0.2) is 0 Å². The zero-order valence-corrected chi connectivity index (χ0v) is 14.7. The number of nitrogens with one attached hydrogen (secondary N) is 3. The molecule has 2 rings (SSSR count). The van der Waals surface area contributed by atoms with E-state index >= 15 is 0 Å². The van der Waals surface area contributed by atoms with E-state index in [0.29, 0.717) is 19.4 Å². The van der Waals surface area contributed by atoms with Crippen LogP contribution < -0.4 is 16.0 Å². The summed E-state index contributed by atoms with van der Waals surface area (Å²) in [5.41, 5.74) is 0.275. The first-order valence-electron chi connectivity index (χ1n) is 8.96. The van der Waals surface area contributed by atoms with Gasteiger partial charge in [-0.25, -0.2) is 4.79 Å². The van der Waals surface area contributed by atoms with Gasteiger partial charge in [0.05, 0.1) is 0 Å². The molecule has 1 aliphatic rings. The monoisotopic (exact) mass is 331 g/mol. The molecule has 0 radical (unpaired) electrons. The average molecular weight is 331 g/mol. The fraction of sp³-hybridized carbons (Fsp3) is 0.579. The summed E-state index contributed by atoms with van der Waals surface area (Å²) >= 11 is 0. The van der Waals surface area contributed by atoms with Crippen LogP contribution in [0.1, 0.15) is 57.9 Å². The van der Waals surface area contributed by atoms with Crippen molar-refractivity contribution in [3.05, 3.63) is 35.9 Å². The predicted molar refractivity (Wildman–Crippen MR) is 95.5 cm³/mol. The largest absolute Gasteiger partial charge is 0.352 e. The number of carbonyl (C=O) groups excluding carboxylic acids is 2. The van der Waals surface area contributed by atoms with Crippen LogP contribution in [-0.2, 0) is 11.3 Å². The normalized spacial score (nSPS) is 17.1. The smallest absolute Gasteiger partial charge is 0.315 e. The summed E-state index contributed by atoms with van der Waals surface area (Å²) in [7, 11) is 0. The Bertz CT molecular complexity index is 539. The number of benzene rings is 1. The molecule has 3 amide bonds. The topological polar surface area (TPSA) is 70.2 Å². The second-order valence-electron chi connectivity index (χ2n) is 6.75. The molecule has 1 saturated carbocycles. The Hall–Kier alpha value is -2.04. The Morgan fingerprint density at radius 2 is 1.83 bits per heavy atom. The molecule has 1 aromatic carbocycles. The predicted octanol–water partition coefficient (Wildman–Crippen LogP) is 3.10. The number of carbonyl (C=O) groups is 2. The van der Waals surface area contributed by atoms with E-state index in [2.05, 4.69) is 22.9 Å². The molecule has 0 aliphatic heterocycles. The van der Waals surface area contributed by atoms with Gasteiger partial charge in [-0.2, -0.15) is 0 Å². The van der Waals surface area contributed by atoms with E-state index in [1.165, 1.54) is 0 Å². The number of hydrogen-bond acceptors (Lipinski definition) is 2. The van der Waals surface area contributed by atoms with Crippen LogP contribution in [0.15, 0.2) is 30.3 Å². The lowest BCUT2D eigenvalue weighted by atomic mass is 9.95. The van der Waals surface area contributed by atoms with E-state index in [1.807, 2.05) is 37.3 Å². The van der Waals surface area contributed by atoms with Crippen molar-refractivity contribution in [1.82, 2.24) is 16.0 Å². The highest BCUT2D eigenvalue weighted by molar-refractivity contribution is 5.91. The standard InChI is InChI=1S/C19H29N3O2/c1-3-9-15(2)21-17(23)19(12-7-8-13-19)22-18(24)20-14-16-10-5-4-6-11-16/h4-6,10-11,15H,3,7-9,12-14H2,1-2H3,(H,21,23)(H2,20,22,24)/t15-/m1/s1. The van der Waals surface area contributed by atoms with Crippen LogP contribution in [0, 0.1) is 0 Å². The van der Waals surface area contributed by atoms with Gasteiger partial charge in [-0.1, -0.05) is 56.5 Å². The van der Waals surface area contributed by atoms with Gasteiger partial charge in [0, 0.05) is 12.6 Å². The van der Waals surface area contributed by atoms with Crippen molar-refractivity contribution in [3.8, 4) is 0 Å². The molecule has 0 bridgehead atoms. The summed E-state index contributed by atoms with van der Waals surface area (Å²) in [6.45, 7) is 4.57. The molecule has 132 valence electrons. The molecular formula is C19H29N3O2. The fourth-order valence-corrected chi connectivity index (χ4v) is 3.29. The minimum atomic E-state index is -0.761. The lowest BCUT2D eigenvalue weighted by molar-refractivity contribution is -0.127. The molecule has 5 nitrogen and oxygen atoms in total. The van der Waals surface area contributed by atoms with Gasteiger partial charge < -0.3 is 16.0 Å². The molecule has 0 aromatic heterocycles. The van der Waals surface area contributed by atoms with Gasteiger partial charge >= 0.3 is 6.03 Å². The van der Waals surface area contributed by atoms with Gasteiger partial charge in [0.25, 0.3) is 0 Å². The Balaban J connectivity index is 1.92. The van der Waals surface area contributed by atoms with Crippen LogP contribution in [0.5, 0.6) is 0 Å². The summed E-state index contributed by atoms with van der Waals surface area (Å²) < 4.78 is 0. The lowest BCUT2D eigenvalue weighted by Gasteiger charge is -2.30. The van der Waals surface area contributed by atoms with E-state index in [1.54, 1.807) is 0 Å². The summed E-state index contributed by atoms with van der Waals surface area (Å²) in [5, 5.41) is 8.86. The summed E-state index contributed by atoms with van der Waals surface area (Å²) in [6, 6.07) is 9.61. The van der Waals surface area contributed by atoms with E-state index < -0.39 is 5.54 Å². The maximum absolute atomic E-state index is 12.7. The molecule has 3 N–H and O–H groups in total. The lowest BCUT2D eigenvalue weighted by Crippen LogP contribution is -2.60. The van der Waals surface area contributed by atoms with E-state index in [4.69, 9.17) is 0 Å². The van der Waals surface area contributed by atoms with E-state index in [-0.39, 0.29) is 18.0 Å². The highest BCUT2D eigenvalue weighted by Gasteiger charge is 2.42. The third kappa shape index (κ3) is 4.98. The Labute approximate surface area is 144 Å². The number of amides is 3. The second-order valence-corrected chi connectivity index (χ2v) is 6.75. The molecule has 1 atom stereocenters. The molecule has 0 saturated heterocycles. The Morgan fingerprint density at radius 1 is 1.17 bits per heavy atom. The van der Waals surface area contributed by atoms with Gasteiger partial charge in [-0.15, -0.1) is 0 Å². The molecule has 1 aromatic rings. The van der Waals surface area contributed by atoms with Gasteiger partial charge in [0.2, 0.25) is 5.91 Å². The zero-order valence-electron chi connectivity index (χ0n) is 14.7. The highest BCUT2D eigenvalue weighted by atomic mass is 16.2. The van der Waals surface area contributed by atoms with Crippen molar-refractivity contribution in [1.29, 1.82) is 0 Å². The van der Waals surface area contributed by atoms with E-state index in [0.717, 1.165) is 31.2 Å². The molecule has 0 unspecified atom stereocenters. The highest BCUT2D eigenvalue weighted by Crippen LogP contribution is 2.30. The maximum atomic E-state index is 12.7. The minimum absolute atomic E-state index is 0.0455. The summed E-state index contributed by atoms with van der Waals surface area (Å²) in [5.74, 6) is -0.0455. The van der Waals surface area contributed by atoms with Crippen molar-refractivity contribution in [3.63, 3.8) is 0 Å². The Kier molecular flexibility index (Phi) is 6.64. The van der Waals surface area contributed by atoms with Crippen molar-refractivity contribution in [2.75, 3.05) is 0 Å². The molecular weight excluding hydrogens is 302 g/mol. The third-order valence-electron chi connectivity index (χ3n) is 4.64. The average Bonchev–Trinajstić information content (AvgIpc) is 3.04. The minimum Gasteiger partial charge on any atom is -0.352 e. The zero-order chi connectivity index (χ0) is 17.4. The van der Waals surface area contributed by atoms with Gasteiger partial charge in [-0.3, -0.25) is 4.79 Å². The van der Waals surface area contributed by atoms with E-state index in [9.17, 15) is 9.59 Å². The van der Waals surface area contributed by atoms with Crippen LogP contribution in [0.2, 0.25) is 0 Å². The molecule has 1 fully saturated rings. The van der Waals surface area contributed by atoms with Crippen molar-refractivity contribution >= 4 is 11.9 Å². The van der Waals surface area contributed by atoms with Crippen molar-refractivity contribution in [2.24, 2.45) is 0 Å². The number of urea groups is 1. The molecule has 24 heavy (non-hydrogen) atoms. The van der Waals surface area contributed by atoms with Crippen LogP contribution in [0.25, 0.3) is 0 Å². The van der Waals surface area contributed by atoms with Crippen LogP contribution in [0.3, 0.4) is 0 Å². The van der Waals surface area contributed by atoms with Gasteiger partial charge in [-0.05, 0) is 31.7 Å². The molecule has 1 aliphatic carbocycles. The molecule has 0 spiro atoms. The first-order chi connectivity index (χ1) is 11.6. The van der Waals surface area contributed by atoms with Crippen molar-refractivity contribution in [2.45, 2.75) is 70.5 Å². The van der Waals surface area contributed by atoms with Crippen molar-refractivity contribution < 1.29 is 9.59 Å². The van der Waals surface area contributed by atoms with Gasteiger partial charge in [0.1, 0.15) is 5.54 Å². The Morgan fingerprint density at radius 3 is 2.46 bits per heavy atom. The molecule has 0 heterocycles. The summed E-state index contributed by atoms with van der Waals surface area (Å²) in [4.78, 5) is 25.0. The number of rotatable bonds is 7. The van der Waals surface area contributed by atoms with Crippen LogP contribution in [-0.4, -0.2) is 23.5 Å². The van der Waals surface area contributed by atoms with Crippen LogP contribution in [0.4, 0.5) is 4.79 Å². The van der Waals surface area contributed by atoms with Crippen LogP contribution >= 0.6 is 0 Å².